The molecule has 3 rings (SSSR count). The molecule has 0 saturated carbocycles. The summed E-state index contributed by atoms with van der Waals surface area (Å²) in [6, 6.07) is 17.2. The Labute approximate surface area is 171 Å². The fourth-order valence-electron chi connectivity index (χ4n) is 3.75. The highest BCUT2D eigenvalue weighted by Crippen LogP contribution is 2.41. The third-order valence-electron chi connectivity index (χ3n) is 4.86. The van der Waals surface area contributed by atoms with Crippen molar-refractivity contribution in [3.8, 4) is 11.1 Å². The second-order valence-corrected chi connectivity index (χ2v) is 8.33. The maximum Gasteiger partial charge on any atom is 0.249 e. The zero-order chi connectivity index (χ0) is 21.3. The highest BCUT2D eigenvalue weighted by molar-refractivity contribution is 6.07. The van der Waals surface area contributed by atoms with Crippen LogP contribution in [-0.4, -0.2) is 17.3 Å². The van der Waals surface area contributed by atoms with Crippen molar-refractivity contribution in [2.75, 3.05) is 0 Å². The van der Waals surface area contributed by atoms with Gasteiger partial charge < -0.3 is 10.5 Å². The lowest BCUT2D eigenvalue weighted by Crippen LogP contribution is -2.27. The van der Waals surface area contributed by atoms with Crippen LogP contribution in [0.2, 0.25) is 0 Å². The summed E-state index contributed by atoms with van der Waals surface area (Å²) in [4.78, 5) is 24.9. The van der Waals surface area contributed by atoms with Crippen LogP contribution < -0.4 is 5.73 Å². The molecule has 3 aromatic carbocycles. The second-order valence-electron chi connectivity index (χ2n) is 8.33. The summed E-state index contributed by atoms with van der Waals surface area (Å²) in [6.45, 7) is 9.29. The smallest absolute Gasteiger partial charge is 0.249 e. The molecule has 2 N–H and O–H groups in total. The summed E-state index contributed by atoms with van der Waals surface area (Å²) in [5.74, 6) is -0.593. The van der Waals surface area contributed by atoms with Gasteiger partial charge in [0.25, 0.3) is 0 Å². The third kappa shape index (κ3) is 4.22. The molecule has 0 radical (unpaired) electrons. The second kappa shape index (κ2) is 7.80. The van der Waals surface area contributed by atoms with Crippen molar-refractivity contribution >= 4 is 22.5 Å². The van der Waals surface area contributed by atoms with E-state index in [9.17, 15) is 9.59 Å². The number of nitrogens with two attached hydrogens (primary N) is 1. The first-order chi connectivity index (χ1) is 13.6. The van der Waals surface area contributed by atoms with E-state index in [1.165, 1.54) is 6.92 Å². The van der Waals surface area contributed by atoms with E-state index < -0.39 is 17.6 Å². The van der Waals surface area contributed by atoms with Crippen molar-refractivity contribution < 1.29 is 14.3 Å². The van der Waals surface area contributed by atoms with Gasteiger partial charge in [0.2, 0.25) is 5.91 Å². The van der Waals surface area contributed by atoms with Crippen molar-refractivity contribution in [2.24, 2.45) is 5.73 Å². The van der Waals surface area contributed by atoms with E-state index in [0.717, 1.165) is 27.5 Å². The van der Waals surface area contributed by atoms with Gasteiger partial charge in [0.15, 0.2) is 5.78 Å². The number of amides is 1. The van der Waals surface area contributed by atoms with Gasteiger partial charge in [0, 0.05) is 5.56 Å². The van der Waals surface area contributed by atoms with Crippen LogP contribution in [0.5, 0.6) is 0 Å². The topological polar surface area (TPSA) is 69.4 Å². The summed E-state index contributed by atoms with van der Waals surface area (Å²) in [7, 11) is 0. The molecule has 1 atom stereocenters. The van der Waals surface area contributed by atoms with Crippen molar-refractivity contribution in [1.29, 1.82) is 0 Å². The number of aryl methyl sites for hydroxylation is 1. The number of primary amides is 1. The van der Waals surface area contributed by atoms with Crippen molar-refractivity contribution in [1.82, 2.24) is 0 Å². The lowest BCUT2D eigenvalue weighted by atomic mass is 9.84. The number of hydrogen-bond acceptors (Lipinski definition) is 3. The first kappa shape index (κ1) is 20.7. The van der Waals surface area contributed by atoms with Gasteiger partial charge in [-0.1, -0.05) is 48.5 Å². The summed E-state index contributed by atoms with van der Waals surface area (Å²) >= 11 is 0. The summed E-state index contributed by atoms with van der Waals surface area (Å²) < 4.78 is 6.21. The Morgan fingerprint density at radius 2 is 1.62 bits per heavy atom. The zero-order valence-corrected chi connectivity index (χ0v) is 17.6. The number of ether oxygens (including phenoxy) is 1. The molecule has 0 aliphatic carbocycles. The summed E-state index contributed by atoms with van der Waals surface area (Å²) in [5.41, 5.74) is 8.82. The van der Waals surface area contributed by atoms with Crippen LogP contribution in [0.15, 0.2) is 54.6 Å². The standard InChI is InChI=1S/C25H27NO3/c1-15-14-17-10-6-7-11-18(17)22(19-12-8-9-13-20(19)24(26)28)21(15)23(16(2)27)29-25(3,4)5/h6-14,23H,1-5H3,(H2,26,28)/t23-/m1/s1. The van der Waals surface area contributed by atoms with E-state index in [4.69, 9.17) is 10.5 Å². The highest BCUT2D eigenvalue weighted by atomic mass is 16.5. The fourth-order valence-corrected chi connectivity index (χ4v) is 3.75. The molecule has 0 spiro atoms. The molecule has 0 bridgehead atoms. The van der Waals surface area contributed by atoms with E-state index in [1.54, 1.807) is 12.1 Å². The number of ketones is 1. The molecule has 0 heterocycles. The molecule has 0 fully saturated rings. The van der Waals surface area contributed by atoms with Crippen LogP contribution in [0.4, 0.5) is 0 Å². The molecule has 4 nitrogen and oxygen atoms in total. The van der Waals surface area contributed by atoms with Gasteiger partial charge in [0.05, 0.1) is 5.60 Å². The normalized spacial score (nSPS) is 12.7. The van der Waals surface area contributed by atoms with Gasteiger partial charge in [0.1, 0.15) is 6.10 Å². The molecule has 0 unspecified atom stereocenters. The Hall–Kier alpha value is -2.98. The third-order valence-corrected chi connectivity index (χ3v) is 4.86. The molecule has 0 aliphatic heterocycles. The van der Waals surface area contributed by atoms with E-state index in [-0.39, 0.29) is 5.78 Å². The number of carbonyl (C=O) groups is 2. The lowest BCUT2D eigenvalue weighted by molar-refractivity contribution is -0.138. The first-order valence-electron chi connectivity index (χ1n) is 9.70. The Morgan fingerprint density at radius 1 is 1.00 bits per heavy atom. The van der Waals surface area contributed by atoms with Crippen molar-refractivity contribution in [3.05, 3.63) is 71.3 Å². The van der Waals surface area contributed by atoms with Crippen LogP contribution in [0.1, 0.15) is 55.3 Å². The molecular weight excluding hydrogens is 362 g/mol. The Morgan fingerprint density at radius 3 is 2.24 bits per heavy atom. The number of rotatable bonds is 5. The number of fused-ring (bicyclic) bond motifs is 1. The molecule has 0 saturated heterocycles. The number of hydrogen-bond donors (Lipinski definition) is 1. The molecular formula is C25H27NO3. The largest absolute Gasteiger partial charge is 0.366 e. The molecule has 0 aliphatic rings. The molecule has 29 heavy (non-hydrogen) atoms. The predicted molar refractivity (Wildman–Crippen MR) is 117 cm³/mol. The van der Waals surface area contributed by atoms with Crippen LogP contribution in [0, 0.1) is 6.92 Å². The fraction of sp³-hybridized carbons (Fsp3) is 0.280. The van der Waals surface area contributed by atoms with Crippen LogP contribution >= 0.6 is 0 Å². The molecule has 3 aromatic rings. The minimum absolute atomic E-state index is 0.0869. The van der Waals surface area contributed by atoms with Gasteiger partial charge in [-0.25, -0.2) is 0 Å². The average Bonchev–Trinajstić information content (AvgIpc) is 2.64. The molecule has 4 heteroatoms. The minimum atomic E-state index is -0.754. The predicted octanol–water partition coefficient (Wildman–Crippen LogP) is 5.36. The SMILES string of the molecule is CC(=O)[C@@H](OC(C)(C)C)c1c(C)cc2ccccc2c1-c1ccccc1C(N)=O. The minimum Gasteiger partial charge on any atom is -0.366 e. The Bertz CT molecular complexity index is 1090. The Kier molecular flexibility index (Phi) is 5.58. The highest BCUT2D eigenvalue weighted by Gasteiger charge is 2.30. The van der Waals surface area contributed by atoms with Crippen LogP contribution in [0.25, 0.3) is 21.9 Å². The zero-order valence-electron chi connectivity index (χ0n) is 17.6. The van der Waals surface area contributed by atoms with E-state index in [0.29, 0.717) is 11.1 Å². The Balaban J connectivity index is 2.46. The average molecular weight is 389 g/mol. The van der Waals surface area contributed by atoms with Crippen molar-refractivity contribution in [2.45, 2.75) is 46.3 Å². The quantitative estimate of drug-likeness (QED) is 0.639. The first-order valence-corrected chi connectivity index (χ1v) is 9.70. The van der Waals surface area contributed by atoms with Gasteiger partial charge in [-0.3, -0.25) is 9.59 Å². The maximum absolute atomic E-state index is 12.7. The van der Waals surface area contributed by atoms with Crippen LogP contribution in [0.3, 0.4) is 0 Å². The summed E-state index contributed by atoms with van der Waals surface area (Å²) in [5, 5.41) is 1.98. The monoisotopic (exact) mass is 389 g/mol. The van der Waals surface area contributed by atoms with E-state index in [2.05, 4.69) is 6.07 Å². The van der Waals surface area contributed by atoms with Gasteiger partial charge in [-0.15, -0.1) is 0 Å². The van der Waals surface area contributed by atoms with E-state index >= 15 is 0 Å². The van der Waals surface area contributed by atoms with Gasteiger partial charge in [-0.05, 0) is 73.7 Å². The number of Topliss-reactive ketones (excluding diaryl/α,β-unsaturated/α-hetero) is 1. The number of benzene rings is 3. The van der Waals surface area contributed by atoms with Gasteiger partial charge >= 0.3 is 0 Å². The van der Waals surface area contributed by atoms with E-state index in [1.807, 2.05) is 64.1 Å². The maximum atomic E-state index is 12.7. The number of carbonyl (C=O) groups excluding carboxylic acids is 2. The lowest BCUT2D eigenvalue weighted by Gasteiger charge is -2.30. The van der Waals surface area contributed by atoms with Gasteiger partial charge in [-0.2, -0.15) is 0 Å². The summed E-state index contributed by atoms with van der Waals surface area (Å²) in [6.07, 6.45) is -0.754. The molecule has 0 aromatic heterocycles. The van der Waals surface area contributed by atoms with Crippen LogP contribution in [-0.2, 0) is 9.53 Å². The molecule has 1 amide bonds. The molecule has 150 valence electrons. The van der Waals surface area contributed by atoms with Crippen molar-refractivity contribution in [3.63, 3.8) is 0 Å².